The van der Waals surface area contributed by atoms with Crippen LogP contribution in [-0.2, 0) is 28.6 Å². The van der Waals surface area contributed by atoms with Gasteiger partial charge in [0.15, 0.2) is 6.10 Å². The van der Waals surface area contributed by atoms with Crippen LogP contribution in [0.5, 0.6) is 0 Å². The van der Waals surface area contributed by atoms with Crippen LogP contribution in [0.15, 0.2) is 146 Å². The molecule has 0 radical (unpaired) electrons. The molecule has 6 nitrogen and oxygen atoms in total. The van der Waals surface area contributed by atoms with E-state index in [-0.39, 0.29) is 44.0 Å². The highest BCUT2D eigenvalue weighted by atomic mass is 16.6. The second-order valence-electron chi connectivity index (χ2n) is 21.6. The lowest BCUT2D eigenvalue weighted by Crippen LogP contribution is -2.30. The number of ether oxygens (including phenoxy) is 3. The van der Waals surface area contributed by atoms with Gasteiger partial charge in [0, 0.05) is 19.3 Å². The Morgan fingerprint density at radius 1 is 0.259 bits per heavy atom. The fourth-order valence-corrected chi connectivity index (χ4v) is 8.89. The van der Waals surface area contributed by atoms with Crippen molar-refractivity contribution in [2.75, 3.05) is 13.2 Å². The highest BCUT2D eigenvalue weighted by Crippen LogP contribution is 2.16. The monoisotopic (exact) mass is 1120 g/mol. The van der Waals surface area contributed by atoms with Gasteiger partial charge in [-0.3, -0.25) is 14.4 Å². The molecule has 0 rings (SSSR count). The van der Waals surface area contributed by atoms with Crippen LogP contribution >= 0.6 is 0 Å². The van der Waals surface area contributed by atoms with E-state index in [1.807, 2.05) is 0 Å². The van der Waals surface area contributed by atoms with Crippen molar-refractivity contribution in [3.63, 3.8) is 0 Å². The van der Waals surface area contributed by atoms with Crippen LogP contribution in [0.2, 0.25) is 0 Å². The molecule has 81 heavy (non-hydrogen) atoms. The van der Waals surface area contributed by atoms with E-state index in [0.29, 0.717) is 19.3 Å². The number of carbonyl (C=O) groups is 3. The standard InChI is InChI=1S/C75H122O6/c1-4-7-10-13-16-19-22-25-28-30-32-34-36-37-39-40-42-44-47-50-53-56-59-62-65-68-74(77)80-71-72(70-79-73(76)67-64-61-58-55-52-49-46-27-24-21-18-15-12-9-6-3)81-75(78)69-66-63-60-57-54-51-48-45-43-41-38-35-33-31-29-26-23-20-17-14-11-8-5-2/h8-9,11-12,17-18,20-21,26-27,29-30,32-33,35,41,43,46,48,51-52,55,57,60,72H,4-7,10,13-16,19,22-25,28,31,34,36-40,42,44-45,47,49-50,53-54,56,58-59,61-71H2,1-3H3/b11-8-,12-9-,20-17-,21-18-,29-26-,32-30-,35-33-,43-41-,46-27-,51-48-,55-52-,60-57-. The van der Waals surface area contributed by atoms with Crippen molar-refractivity contribution in [3.05, 3.63) is 146 Å². The van der Waals surface area contributed by atoms with Crippen molar-refractivity contribution < 1.29 is 28.6 Å². The molecule has 0 aliphatic carbocycles. The van der Waals surface area contributed by atoms with Gasteiger partial charge in [0.05, 0.1) is 0 Å². The summed E-state index contributed by atoms with van der Waals surface area (Å²) < 4.78 is 16.9. The molecule has 0 N–H and O–H groups in total. The Balaban J connectivity index is 4.47. The maximum absolute atomic E-state index is 12.9. The van der Waals surface area contributed by atoms with Gasteiger partial charge in [-0.05, 0) is 135 Å². The molecule has 1 atom stereocenters. The Kier molecular flexibility index (Phi) is 63.9. The molecule has 0 aliphatic heterocycles. The predicted molar refractivity (Wildman–Crippen MR) is 352 cm³/mol. The zero-order valence-electron chi connectivity index (χ0n) is 52.5. The van der Waals surface area contributed by atoms with E-state index < -0.39 is 6.10 Å². The molecule has 0 aliphatic rings. The summed E-state index contributed by atoms with van der Waals surface area (Å²) in [5, 5.41) is 0. The number of rotatable bonds is 59. The predicted octanol–water partition coefficient (Wildman–Crippen LogP) is 23.1. The minimum Gasteiger partial charge on any atom is -0.462 e. The summed E-state index contributed by atoms with van der Waals surface area (Å²) in [5.74, 6) is -1.02. The Hall–Kier alpha value is -4.71. The average molecular weight is 1120 g/mol. The first-order chi connectivity index (χ1) is 40.0. The van der Waals surface area contributed by atoms with E-state index in [9.17, 15) is 14.4 Å². The van der Waals surface area contributed by atoms with Crippen molar-refractivity contribution in [2.45, 2.75) is 297 Å². The smallest absolute Gasteiger partial charge is 0.306 e. The zero-order valence-corrected chi connectivity index (χ0v) is 52.5. The van der Waals surface area contributed by atoms with E-state index in [2.05, 4.69) is 167 Å². The molecule has 0 aromatic heterocycles. The summed E-state index contributed by atoms with van der Waals surface area (Å²) in [6.07, 6.45) is 97.3. The van der Waals surface area contributed by atoms with Gasteiger partial charge in [0.25, 0.3) is 0 Å². The van der Waals surface area contributed by atoms with Crippen LogP contribution in [0.4, 0.5) is 0 Å². The first-order valence-electron chi connectivity index (χ1n) is 33.3. The molecule has 0 fully saturated rings. The second-order valence-corrected chi connectivity index (χ2v) is 21.6. The normalized spacial score (nSPS) is 13.1. The highest BCUT2D eigenvalue weighted by Gasteiger charge is 2.19. The number of allylic oxidation sites excluding steroid dienone is 24. The van der Waals surface area contributed by atoms with Crippen molar-refractivity contribution in [1.29, 1.82) is 0 Å². The lowest BCUT2D eigenvalue weighted by atomic mass is 10.0. The summed E-state index contributed by atoms with van der Waals surface area (Å²) >= 11 is 0. The molecule has 0 heterocycles. The molecule has 0 saturated carbocycles. The molecule has 0 spiro atoms. The number of carbonyl (C=O) groups excluding carboxylic acids is 3. The van der Waals surface area contributed by atoms with Gasteiger partial charge in [0.2, 0.25) is 0 Å². The maximum Gasteiger partial charge on any atom is 0.306 e. The summed E-state index contributed by atoms with van der Waals surface area (Å²) in [6.45, 7) is 6.34. The Bertz CT molecular complexity index is 1760. The number of unbranched alkanes of at least 4 members (excludes halogenated alkanes) is 24. The Morgan fingerprint density at radius 3 is 0.827 bits per heavy atom. The van der Waals surface area contributed by atoms with Crippen molar-refractivity contribution in [3.8, 4) is 0 Å². The largest absolute Gasteiger partial charge is 0.462 e. The van der Waals surface area contributed by atoms with E-state index in [1.165, 1.54) is 128 Å². The van der Waals surface area contributed by atoms with Crippen LogP contribution in [-0.4, -0.2) is 37.2 Å². The second kappa shape index (κ2) is 67.8. The SMILES string of the molecule is CC/C=C\C/C=C\C/C=C\C/C=C\C/C=C\C/C=C\C/C=C\CCCC(=O)OC(COC(=O)CCCC/C=C\C/C=C\C/C=C\C/C=C\CC)COC(=O)CCCCCCCCCCCCCCC/C=C\CCCCCCCCCC. The third-order valence-corrected chi connectivity index (χ3v) is 13.8. The molecular formula is C75H122O6. The quantitative estimate of drug-likeness (QED) is 0.0261. The maximum atomic E-state index is 12.9. The van der Waals surface area contributed by atoms with Gasteiger partial charge >= 0.3 is 17.9 Å². The summed E-state index contributed by atoms with van der Waals surface area (Å²) in [4.78, 5) is 38.3. The molecular weight excluding hydrogens is 997 g/mol. The number of hydrogen-bond acceptors (Lipinski definition) is 6. The Labute approximate surface area is 499 Å². The first kappa shape index (κ1) is 76.3. The molecule has 0 saturated heterocycles. The van der Waals surface area contributed by atoms with E-state index in [0.717, 1.165) is 109 Å². The molecule has 0 aromatic carbocycles. The number of esters is 3. The molecule has 0 amide bonds. The molecule has 458 valence electrons. The fraction of sp³-hybridized carbons (Fsp3) is 0.640. The lowest BCUT2D eigenvalue weighted by molar-refractivity contribution is -0.167. The van der Waals surface area contributed by atoms with Crippen LogP contribution in [0.25, 0.3) is 0 Å². The van der Waals surface area contributed by atoms with Gasteiger partial charge in [-0.25, -0.2) is 0 Å². The lowest BCUT2D eigenvalue weighted by Gasteiger charge is -2.18. The summed E-state index contributed by atoms with van der Waals surface area (Å²) in [7, 11) is 0. The number of hydrogen-bond donors (Lipinski definition) is 0. The fourth-order valence-electron chi connectivity index (χ4n) is 8.89. The summed E-state index contributed by atoms with van der Waals surface area (Å²) in [5.41, 5.74) is 0. The molecule has 0 bridgehead atoms. The zero-order chi connectivity index (χ0) is 58.5. The van der Waals surface area contributed by atoms with Crippen LogP contribution < -0.4 is 0 Å². The van der Waals surface area contributed by atoms with Gasteiger partial charge in [0.1, 0.15) is 13.2 Å². The van der Waals surface area contributed by atoms with Gasteiger partial charge in [-0.15, -0.1) is 0 Å². The third kappa shape index (κ3) is 66.0. The minimum absolute atomic E-state index is 0.119. The van der Waals surface area contributed by atoms with Gasteiger partial charge in [-0.2, -0.15) is 0 Å². The molecule has 0 aromatic rings. The first-order valence-corrected chi connectivity index (χ1v) is 33.3. The highest BCUT2D eigenvalue weighted by molar-refractivity contribution is 5.71. The van der Waals surface area contributed by atoms with Gasteiger partial charge in [-0.1, -0.05) is 282 Å². The van der Waals surface area contributed by atoms with Crippen molar-refractivity contribution in [1.82, 2.24) is 0 Å². The summed E-state index contributed by atoms with van der Waals surface area (Å²) in [6, 6.07) is 0. The topological polar surface area (TPSA) is 78.9 Å². The average Bonchev–Trinajstić information content (AvgIpc) is 3.47. The Morgan fingerprint density at radius 2 is 0.494 bits per heavy atom. The van der Waals surface area contributed by atoms with E-state index >= 15 is 0 Å². The van der Waals surface area contributed by atoms with Gasteiger partial charge < -0.3 is 14.2 Å². The minimum atomic E-state index is -0.833. The van der Waals surface area contributed by atoms with E-state index in [4.69, 9.17) is 14.2 Å². The van der Waals surface area contributed by atoms with Crippen molar-refractivity contribution >= 4 is 17.9 Å². The third-order valence-electron chi connectivity index (χ3n) is 13.8. The van der Waals surface area contributed by atoms with Crippen molar-refractivity contribution in [2.24, 2.45) is 0 Å². The van der Waals surface area contributed by atoms with E-state index in [1.54, 1.807) is 0 Å². The molecule has 6 heteroatoms. The molecule has 1 unspecified atom stereocenters. The van der Waals surface area contributed by atoms with Crippen LogP contribution in [0.3, 0.4) is 0 Å². The van der Waals surface area contributed by atoms with Crippen LogP contribution in [0.1, 0.15) is 290 Å². The van der Waals surface area contributed by atoms with Crippen LogP contribution in [0, 0.1) is 0 Å².